The Hall–Kier alpha value is -2.16. The molecule has 1 N–H and O–H groups in total. The highest BCUT2D eigenvalue weighted by Gasteiger charge is 2.29. The van der Waals surface area contributed by atoms with Crippen LogP contribution in [0.4, 0.5) is 0 Å². The van der Waals surface area contributed by atoms with E-state index < -0.39 is 0 Å². The molecule has 2 aliphatic rings. The lowest BCUT2D eigenvalue weighted by molar-refractivity contribution is -0.149. The van der Waals surface area contributed by atoms with E-state index in [1.165, 1.54) is 0 Å². The largest absolute Gasteiger partial charge is 0.466 e. The van der Waals surface area contributed by atoms with Crippen molar-refractivity contribution >= 4 is 11.9 Å². The predicted molar refractivity (Wildman–Crippen MR) is 105 cm³/mol. The fourth-order valence-corrected chi connectivity index (χ4v) is 3.63. The number of hydrogen-bond acceptors (Lipinski definition) is 6. The monoisotopic (exact) mass is 392 g/mol. The molecule has 2 unspecified atom stereocenters. The Labute approximate surface area is 166 Å². The van der Waals surface area contributed by atoms with Crippen LogP contribution in [0, 0.1) is 12.8 Å². The van der Waals surface area contributed by atoms with Crippen LogP contribution in [0.5, 0.6) is 0 Å². The van der Waals surface area contributed by atoms with Crippen LogP contribution in [0.3, 0.4) is 0 Å². The molecule has 2 saturated heterocycles. The van der Waals surface area contributed by atoms with Gasteiger partial charge in [0.15, 0.2) is 11.8 Å². The molecule has 0 bridgehead atoms. The quantitative estimate of drug-likeness (QED) is 0.439. The van der Waals surface area contributed by atoms with Gasteiger partial charge >= 0.3 is 5.97 Å². The Kier molecular flexibility index (Phi) is 7.24. The van der Waals surface area contributed by atoms with E-state index in [4.69, 9.17) is 14.5 Å². The molecule has 156 valence electrons. The number of carbonyl (C=O) groups excluding carboxylic acids is 1. The van der Waals surface area contributed by atoms with Gasteiger partial charge in [-0.1, -0.05) is 0 Å². The first-order chi connectivity index (χ1) is 13.6. The molecule has 1 aromatic rings. The standard InChI is InChI=1S/C19H32N6O3/c1-4-27-18(26)15-7-5-9-25(13-15)19(20-11-16-8-6-10-28-16)21-12-17-23-22-14(2)24(17)3/h15-16H,4-13H2,1-3H3,(H,20,21). The summed E-state index contributed by atoms with van der Waals surface area (Å²) in [6.45, 7) is 7.65. The number of hydrogen-bond donors (Lipinski definition) is 1. The summed E-state index contributed by atoms with van der Waals surface area (Å²) in [5.41, 5.74) is 0. The maximum Gasteiger partial charge on any atom is 0.310 e. The maximum atomic E-state index is 12.2. The molecule has 3 rings (SSSR count). The van der Waals surface area contributed by atoms with Crippen LogP contribution in [0.1, 0.15) is 44.3 Å². The number of aliphatic imine (C=N–C) groups is 1. The number of piperidine rings is 1. The molecule has 2 aliphatic heterocycles. The zero-order chi connectivity index (χ0) is 19.9. The van der Waals surface area contributed by atoms with Gasteiger partial charge in [-0.05, 0) is 39.5 Å². The Bertz CT molecular complexity index is 683. The minimum Gasteiger partial charge on any atom is -0.466 e. The lowest BCUT2D eigenvalue weighted by Gasteiger charge is -2.34. The third-order valence-corrected chi connectivity index (χ3v) is 5.41. The molecule has 2 fully saturated rings. The van der Waals surface area contributed by atoms with E-state index in [-0.39, 0.29) is 18.0 Å². The summed E-state index contributed by atoms with van der Waals surface area (Å²) in [5, 5.41) is 11.8. The first-order valence-corrected chi connectivity index (χ1v) is 10.2. The molecule has 0 amide bonds. The molecule has 0 saturated carbocycles. The summed E-state index contributed by atoms with van der Waals surface area (Å²) >= 11 is 0. The number of nitrogens with zero attached hydrogens (tertiary/aromatic N) is 5. The normalized spacial score (nSPS) is 23.1. The van der Waals surface area contributed by atoms with Gasteiger partial charge in [-0.25, -0.2) is 4.99 Å². The minimum absolute atomic E-state index is 0.111. The SMILES string of the molecule is CCOC(=O)C1CCCN(C(=NCc2nnc(C)n2C)NCC2CCCO2)C1. The van der Waals surface area contributed by atoms with E-state index in [0.717, 1.165) is 63.0 Å². The molecule has 1 aromatic heterocycles. The summed E-state index contributed by atoms with van der Waals surface area (Å²) in [4.78, 5) is 19.2. The number of likely N-dealkylation sites (tertiary alicyclic amines) is 1. The Morgan fingerprint density at radius 3 is 2.89 bits per heavy atom. The van der Waals surface area contributed by atoms with Gasteiger partial charge in [0.25, 0.3) is 0 Å². The zero-order valence-corrected chi connectivity index (χ0v) is 17.2. The highest BCUT2D eigenvalue weighted by Crippen LogP contribution is 2.19. The topological polar surface area (TPSA) is 93.9 Å². The van der Waals surface area contributed by atoms with Crippen molar-refractivity contribution < 1.29 is 14.3 Å². The molecule has 0 radical (unpaired) electrons. The summed E-state index contributed by atoms with van der Waals surface area (Å²) in [5.74, 6) is 2.24. The van der Waals surface area contributed by atoms with Crippen molar-refractivity contribution in [2.24, 2.45) is 18.0 Å². The Balaban J connectivity index is 1.69. The van der Waals surface area contributed by atoms with Crippen LogP contribution in [0.2, 0.25) is 0 Å². The minimum atomic E-state index is -0.116. The Morgan fingerprint density at radius 2 is 2.21 bits per heavy atom. The van der Waals surface area contributed by atoms with Crippen molar-refractivity contribution in [2.75, 3.05) is 32.8 Å². The van der Waals surface area contributed by atoms with Crippen molar-refractivity contribution in [2.45, 2.75) is 52.2 Å². The van der Waals surface area contributed by atoms with Crippen LogP contribution in [0.25, 0.3) is 0 Å². The summed E-state index contributed by atoms with van der Waals surface area (Å²) in [6.07, 6.45) is 4.18. The zero-order valence-electron chi connectivity index (χ0n) is 17.2. The van der Waals surface area contributed by atoms with Crippen molar-refractivity contribution in [1.82, 2.24) is 25.0 Å². The molecule has 2 atom stereocenters. The molecule has 0 aromatic carbocycles. The van der Waals surface area contributed by atoms with Crippen molar-refractivity contribution in [3.8, 4) is 0 Å². The number of aryl methyl sites for hydroxylation is 1. The molecular formula is C19H32N6O3. The van der Waals surface area contributed by atoms with Gasteiger partial charge in [0.2, 0.25) is 0 Å². The van der Waals surface area contributed by atoms with Gasteiger partial charge < -0.3 is 24.3 Å². The fourth-order valence-electron chi connectivity index (χ4n) is 3.63. The van der Waals surface area contributed by atoms with E-state index in [1.54, 1.807) is 0 Å². The number of ether oxygens (including phenoxy) is 2. The second kappa shape index (κ2) is 9.86. The van der Waals surface area contributed by atoms with Crippen LogP contribution < -0.4 is 5.32 Å². The van der Waals surface area contributed by atoms with Crippen molar-refractivity contribution in [3.63, 3.8) is 0 Å². The number of aromatic nitrogens is 3. The molecule has 0 spiro atoms. The lowest BCUT2D eigenvalue weighted by atomic mass is 9.98. The highest BCUT2D eigenvalue weighted by atomic mass is 16.5. The van der Waals surface area contributed by atoms with Crippen LogP contribution in [0.15, 0.2) is 4.99 Å². The number of esters is 1. The molecule has 3 heterocycles. The molecule has 28 heavy (non-hydrogen) atoms. The van der Waals surface area contributed by atoms with Crippen molar-refractivity contribution in [3.05, 3.63) is 11.6 Å². The van der Waals surface area contributed by atoms with Crippen LogP contribution >= 0.6 is 0 Å². The van der Waals surface area contributed by atoms with Crippen LogP contribution in [-0.4, -0.2) is 70.5 Å². The molecule has 0 aliphatic carbocycles. The van der Waals surface area contributed by atoms with E-state index in [0.29, 0.717) is 19.7 Å². The average molecular weight is 393 g/mol. The first-order valence-electron chi connectivity index (χ1n) is 10.2. The third-order valence-electron chi connectivity index (χ3n) is 5.41. The highest BCUT2D eigenvalue weighted by molar-refractivity contribution is 5.81. The Morgan fingerprint density at radius 1 is 1.36 bits per heavy atom. The smallest absolute Gasteiger partial charge is 0.310 e. The van der Waals surface area contributed by atoms with Gasteiger partial charge in [-0.2, -0.15) is 0 Å². The summed E-state index contributed by atoms with van der Waals surface area (Å²) in [6, 6.07) is 0. The average Bonchev–Trinajstić information content (AvgIpc) is 3.33. The third kappa shape index (κ3) is 5.21. The molecule has 9 nitrogen and oxygen atoms in total. The molecule has 9 heteroatoms. The summed E-state index contributed by atoms with van der Waals surface area (Å²) < 4.78 is 12.9. The molecular weight excluding hydrogens is 360 g/mol. The number of rotatable bonds is 6. The van der Waals surface area contributed by atoms with E-state index >= 15 is 0 Å². The van der Waals surface area contributed by atoms with E-state index in [9.17, 15) is 4.79 Å². The second-order valence-corrected chi connectivity index (χ2v) is 7.42. The van der Waals surface area contributed by atoms with Gasteiger partial charge in [0.05, 0.1) is 18.6 Å². The van der Waals surface area contributed by atoms with Gasteiger partial charge in [0, 0.05) is 33.3 Å². The number of carbonyl (C=O) groups is 1. The van der Waals surface area contributed by atoms with Gasteiger partial charge in [-0.15, -0.1) is 10.2 Å². The van der Waals surface area contributed by atoms with Gasteiger partial charge in [0.1, 0.15) is 12.4 Å². The number of guanidine groups is 1. The van der Waals surface area contributed by atoms with E-state index in [1.807, 2.05) is 25.5 Å². The van der Waals surface area contributed by atoms with Crippen LogP contribution in [-0.2, 0) is 27.9 Å². The fraction of sp³-hybridized carbons (Fsp3) is 0.789. The second-order valence-electron chi connectivity index (χ2n) is 7.42. The van der Waals surface area contributed by atoms with Gasteiger partial charge in [-0.3, -0.25) is 4.79 Å². The number of nitrogens with one attached hydrogen (secondary N) is 1. The lowest BCUT2D eigenvalue weighted by Crippen LogP contribution is -2.49. The summed E-state index contributed by atoms with van der Waals surface area (Å²) in [7, 11) is 1.94. The predicted octanol–water partition coefficient (Wildman–Crippen LogP) is 1.02. The van der Waals surface area contributed by atoms with E-state index in [2.05, 4.69) is 20.4 Å². The first kappa shape index (κ1) is 20.6. The van der Waals surface area contributed by atoms with Crippen molar-refractivity contribution in [1.29, 1.82) is 0 Å². The maximum absolute atomic E-state index is 12.2.